The van der Waals surface area contributed by atoms with Crippen LogP contribution in [-0.2, 0) is 6.42 Å². The van der Waals surface area contributed by atoms with E-state index in [0.717, 1.165) is 51.3 Å². The van der Waals surface area contributed by atoms with Crippen LogP contribution < -0.4 is 10.2 Å². The van der Waals surface area contributed by atoms with Crippen LogP contribution in [0.25, 0.3) is 0 Å². The van der Waals surface area contributed by atoms with E-state index in [2.05, 4.69) is 69.5 Å². The molecule has 0 spiro atoms. The number of hydrogen-bond donors (Lipinski definition) is 2. The van der Waals surface area contributed by atoms with Crippen LogP contribution in [0.1, 0.15) is 36.5 Å². The van der Waals surface area contributed by atoms with Gasteiger partial charge in [0.25, 0.3) is 5.91 Å². The Morgan fingerprint density at radius 1 is 1.19 bits per heavy atom. The molecule has 0 bridgehead atoms. The molecule has 1 amide bonds. The van der Waals surface area contributed by atoms with E-state index in [9.17, 15) is 4.79 Å². The number of anilines is 1. The second-order valence-corrected chi connectivity index (χ2v) is 7.65. The van der Waals surface area contributed by atoms with Gasteiger partial charge in [0.1, 0.15) is 5.69 Å². The summed E-state index contributed by atoms with van der Waals surface area (Å²) in [6.45, 7) is 10.3. The molecule has 1 saturated heterocycles. The van der Waals surface area contributed by atoms with Crippen molar-refractivity contribution in [3.63, 3.8) is 0 Å². The Balaban J connectivity index is 1.32. The summed E-state index contributed by atoms with van der Waals surface area (Å²) in [6.07, 6.45) is 1.87. The predicted octanol–water partition coefficient (Wildman–Crippen LogP) is 2.55. The number of hydrogen-bond acceptors (Lipinski definition) is 4. The van der Waals surface area contributed by atoms with Crippen LogP contribution in [0.4, 0.5) is 5.69 Å². The summed E-state index contributed by atoms with van der Waals surface area (Å²) in [4.78, 5) is 17.1. The first-order chi connectivity index (χ1) is 13.1. The Hall–Kier alpha value is -2.34. The van der Waals surface area contributed by atoms with Crippen molar-refractivity contribution in [2.45, 2.75) is 26.7 Å². The van der Waals surface area contributed by atoms with Gasteiger partial charge in [-0.3, -0.25) is 14.8 Å². The molecule has 2 aromatic rings. The molecule has 3 rings (SSSR count). The molecule has 0 unspecified atom stereocenters. The fraction of sp³-hybridized carbons (Fsp3) is 0.524. The number of benzene rings is 1. The molecule has 0 saturated carbocycles. The molecular formula is C21H31N5O. The van der Waals surface area contributed by atoms with Crippen LogP contribution in [0.2, 0.25) is 0 Å². The van der Waals surface area contributed by atoms with Crippen molar-refractivity contribution in [2.24, 2.45) is 5.92 Å². The maximum atomic E-state index is 12.2. The topological polar surface area (TPSA) is 64.3 Å². The smallest absolute Gasteiger partial charge is 0.271 e. The van der Waals surface area contributed by atoms with Gasteiger partial charge in [0.2, 0.25) is 0 Å². The van der Waals surface area contributed by atoms with E-state index in [4.69, 9.17) is 0 Å². The lowest BCUT2D eigenvalue weighted by molar-refractivity contribution is 0.0946. The van der Waals surface area contributed by atoms with E-state index in [0.29, 0.717) is 18.2 Å². The van der Waals surface area contributed by atoms with E-state index in [1.54, 1.807) is 0 Å². The second-order valence-electron chi connectivity index (χ2n) is 7.65. The first kappa shape index (κ1) is 19.4. The van der Waals surface area contributed by atoms with Crippen LogP contribution in [-0.4, -0.2) is 60.3 Å². The fourth-order valence-electron chi connectivity index (χ4n) is 3.49. The summed E-state index contributed by atoms with van der Waals surface area (Å²) in [7, 11) is 0. The van der Waals surface area contributed by atoms with Gasteiger partial charge in [-0.15, -0.1) is 0 Å². The Labute approximate surface area is 161 Å². The molecule has 2 heterocycles. The van der Waals surface area contributed by atoms with Crippen LogP contribution in [0.15, 0.2) is 36.4 Å². The molecule has 0 aliphatic carbocycles. The van der Waals surface area contributed by atoms with Crippen LogP contribution in [0.3, 0.4) is 0 Å². The summed E-state index contributed by atoms with van der Waals surface area (Å²) in [5, 5.41) is 10.1. The van der Waals surface area contributed by atoms with Crippen LogP contribution >= 0.6 is 0 Å². The van der Waals surface area contributed by atoms with Gasteiger partial charge >= 0.3 is 0 Å². The first-order valence-electron chi connectivity index (χ1n) is 9.96. The third-order valence-electron chi connectivity index (χ3n) is 4.92. The molecule has 6 nitrogen and oxygen atoms in total. The highest BCUT2D eigenvalue weighted by molar-refractivity contribution is 5.92. The standard InChI is InChI=1S/C21H31N5O/c1-17(2)15-18-16-20(24-23-18)21(27)22-9-6-10-25-11-13-26(14-12-25)19-7-4-3-5-8-19/h3-5,7-8,16-17H,6,9-15H2,1-2H3,(H,22,27)(H,23,24). The van der Waals surface area contributed by atoms with E-state index >= 15 is 0 Å². The Morgan fingerprint density at radius 2 is 1.93 bits per heavy atom. The summed E-state index contributed by atoms with van der Waals surface area (Å²) in [6, 6.07) is 12.4. The third kappa shape index (κ3) is 5.82. The SMILES string of the molecule is CC(C)Cc1cc(C(=O)NCCCN2CCN(c3ccccc3)CC2)n[nH]1. The average Bonchev–Trinajstić information content (AvgIpc) is 3.14. The van der Waals surface area contributed by atoms with Gasteiger partial charge in [0, 0.05) is 44.1 Å². The summed E-state index contributed by atoms with van der Waals surface area (Å²) in [5.74, 6) is 0.457. The van der Waals surface area contributed by atoms with Crippen molar-refractivity contribution >= 4 is 11.6 Å². The van der Waals surface area contributed by atoms with Crippen molar-refractivity contribution in [3.05, 3.63) is 47.8 Å². The van der Waals surface area contributed by atoms with E-state index in [-0.39, 0.29) is 5.91 Å². The number of nitrogens with zero attached hydrogens (tertiary/aromatic N) is 3. The number of H-pyrrole nitrogens is 1. The predicted molar refractivity (Wildman–Crippen MR) is 109 cm³/mol. The van der Waals surface area contributed by atoms with Crippen molar-refractivity contribution in [3.8, 4) is 0 Å². The quantitative estimate of drug-likeness (QED) is 0.702. The number of nitrogens with one attached hydrogen (secondary N) is 2. The first-order valence-corrected chi connectivity index (χ1v) is 9.96. The number of aromatic nitrogens is 2. The van der Waals surface area contributed by atoms with Gasteiger partial charge in [-0.2, -0.15) is 5.10 Å². The number of carbonyl (C=O) groups excluding carboxylic acids is 1. The number of carbonyl (C=O) groups is 1. The maximum Gasteiger partial charge on any atom is 0.271 e. The molecule has 0 radical (unpaired) electrons. The molecule has 0 atom stereocenters. The van der Waals surface area contributed by atoms with Crippen molar-refractivity contribution in [2.75, 3.05) is 44.2 Å². The number of aromatic amines is 1. The lowest BCUT2D eigenvalue weighted by Crippen LogP contribution is -2.47. The molecule has 1 aromatic heterocycles. The Kier molecular flexibility index (Phi) is 6.87. The zero-order chi connectivity index (χ0) is 19.1. The molecular weight excluding hydrogens is 338 g/mol. The molecule has 27 heavy (non-hydrogen) atoms. The van der Waals surface area contributed by atoms with Crippen molar-refractivity contribution in [1.29, 1.82) is 0 Å². The highest BCUT2D eigenvalue weighted by Gasteiger charge is 2.17. The number of piperazine rings is 1. The van der Waals surface area contributed by atoms with Crippen molar-refractivity contribution < 1.29 is 4.79 Å². The second kappa shape index (κ2) is 9.55. The summed E-state index contributed by atoms with van der Waals surface area (Å²) < 4.78 is 0. The van der Waals surface area contributed by atoms with Crippen molar-refractivity contribution in [1.82, 2.24) is 20.4 Å². The molecule has 1 fully saturated rings. The van der Waals surface area contributed by atoms with Gasteiger partial charge in [-0.1, -0.05) is 32.0 Å². The molecule has 2 N–H and O–H groups in total. The number of rotatable bonds is 8. The minimum Gasteiger partial charge on any atom is -0.369 e. The molecule has 1 aromatic carbocycles. The van der Waals surface area contributed by atoms with Crippen LogP contribution in [0.5, 0.6) is 0 Å². The van der Waals surface area contributed by atoms with Gasteiger partial charge < -0.3 is 10.2 Å². The van der Waals surface area contributed by atoms with Gasteiger partial charge in [0.15, 0.2) is 0 Å². The normalized spacial score (nSPS) is 15.3. The number of para-hydroxylation sites is 1. The zero-order valence-electron chi connectivity index (χ0n) is 16.4. The third-order valence-corrected chi connectivity index (χ3v) is 4.92. The molecule has 6 heteroatoms. The van der Waals surface area contributed by atoms with E-state index in [1.807, 2.05) is 6.07 Å². The van der Waals surface area contributed by atoms with Gasteiger partial charge in [-0.05, 0) is 43.5 Å². The zero-order valence-corrected chi connectivity index (χ0v) is 16.4. The molecule has 1 aliphatic rings. The lowest BCUT2D eigenvalue weighted by Gasteiger charge is -2.36. The highest BCUT2D eigenvalue weighted by atomic mass is 16.1. The monoisotopic (exact) mass is 369 g/mol. The minimum absolute atomic E-state index is 0.0878. The average molecular weight is 370 g/mol. The fourth-order valence-corrected chi connectivity index (χ4v) is 3.49. The summed E-state index contributed by atoms with van der Waals surface area (Å²) in [5.41, 5.74) is 2.81. The Morgan fingerprint density at radius 3 is 2.63 bits per heavy atom. The van der Waals surface area contributed by atoms with E-state index in [1.165, 1.54) is 5.69 Å². The van der Waals surface area contributed by atoms with Gasteiger partial charge in [-0.25, -0.2) is 0 Å². The maximum absolute atomic E-state index is 12.2. The summed E-state index contributed by atoms with van der Waals surface area (Å²) >= 11 is 0. The minimum atomic E-state index is -0.0878. The molecule has 1 aliphatic heterocycles. The highest BCUT2D eigenvalue weighted by Crippen LogP contribution is 2.15. The van der Waals surface area contributed by atoms with Gasteiger partial charge in [0.05, 0.1) is 0 Å². The van der Waals surface area contributed by atoms with E-state index < -0.39 is 0 Å². The largest absolute Gasteiger partial charge is 0.369 e. The number of amides is 1. The van der Waals surface area contributed by atoms with Crippen LogP contribution in [0, 0.1) is 5.92 Å². The molecule has 146 valence electrons. The lowest BCUT2D eigenvalue weighted by atomic mass is 10.1. The Bertz CT molecular complexity index is 704.